The van der Waals surface area contributed by atoms with Crippen LogP contribution in [-0.2, 0) is 0 Å². The average molecular weight is 359 g/mol. The van der Waals surface area contributed by atoms with Crippen LogP contribution in [0.3, 0.4) is 0 Å². The summed E-state index contributed by atoms with van der Waals surface area (Å²) in [5, 5.41) is 15.1. The number of rotatable bonds is 3. The van der Waals surface area contributed by atoms with Crippen LogP contribution in [0.25, 0.3) is 16.9 Å². The van der Waals surface area contributed by atoms with Gasteiger partial charge in [0.25, 0.3) is 5.91 Å². The number of benzene rings is 2. The van der Waals surface area contributed by atoms with Gasteiger partial charge in [-0.1, -0.05) is 12.1 Å². The summed E-state index contributed by atoms with van der Waals surface area (Å²) in [7, 11) is 0. The van der Waals surface area contributed by atoms with E-state index in [1.807, 2.05) is 36.4 Å². The van der Waals surface area contributed by atoms with Crippen molar-refractivity contribution in [2.75, 3.05) is 12.1 Å². The number of hydrogen-bond donors (Lipinski definition) is 1. The smallest absolute Gasteiger partial charge is 0.255 e. The quantitative estimate of drug-likeness (QED) is 0.605. The first-order chi connectivity index (χ1) is 13.3. The van der Waals surface area contributed by atoms with Gasteiger partial charge in [0.15, 0.2) is 17.1 Å². The summed E-state index contributed by atoms with van der Waals surface area (Å²) in [4.78, 5) is 12.4. The van der Waals surface area contributed by atoms with Gasteiger partial charge >= 0.3 is 0 Å². The van der Waals surface area contributed by atoms with E-state index in [0.29, 0.717) is 28.4 Å². The van der Waals surface area contributed by atoms with Crippen molar-refractivity contribution in [3.8, 4) is 22.8 Å². The Labute approximate surface area is 153 Å². The Balaban J connectivity index is 1.34. The van der Waals surface area contributed by atoms with Gasteiger partial charge in [-0.3, -0.25) is 4.79 Å². The van der Waals surface area contributed by atoms with E-state index in [9.17, 15) is 4.79 Å². The number of amides is 1. The Hall–Kier alpha value is -3.94. The molecule has 5 rings (SSSR count). The van der Waals surface area contributed by atoms with E-state index in [0.717, 1.165) is 11.3 Å². The molecule has 1 N–H and O–H groups in total. The average Bonchev–Trinajstić information content (AvgIpc) is 3.36. The molecule has 0 unspecified atom stereocenters. The summed E-state index contributed by atoms with van der Waals surface area (Å²) in [5.74, 6) is 1.01. The number of carbonyl (C=O) groups is 1. The van der Waals surface area contributed by atoms with Gasteiger partial charge in [-0.2, -0.15) is 9.61 Å². The lowest BCUT2D eigenvalue weighted by molar-refractivity contribution is 0.102. The fraction of sp³-hybridized carbons (Fsp3) is 0.0526. The molecule has 132 valence electrons. The molecule has 0 bridgehead atoms. The summed E-state index contributed by atoms with van der Waals surface area (Å²) >= 11 is 0. The molecule has 8 nitrogen and oxygen atoms in total. The Bertz CT molecular complexity index is 1150. The number of nitrogens with one attached hydrogen (secondary N) is 1. The summed E-state index contributed by atoms with van der Waals surface area (Å²) in [6, 6.07) is 16.3. The van der Waals surface area contributed by atoms with Crippen molar-refractivity contribution in [3.63, 3.8) is 0 Å². The standard InChI is InChI=1S/C19H13N5O3/c25-19(13-3-7-16-17(9-13)27-11-26-16)21-14-4-1-12(2-5-14)15-6-8-18-22-20-10-24(18)23-15/h1-10H,11H2,(H,21,25). The van der Waals surface area contributed by atoms with Gasteiger partial charge in [-0.05, 0) is 42.5 Å². The van der Waals surface area contributed by atoms with Crippen molar-refractivity contribution in [3.05, 3.63) is 66.5 Å². The highest BCUT2D eigenvalue weighted by Gasteiger charge is 2.16. The lowest BCUT2D eigenvalue weighted by Gasteiger charge is -2.07. The Morgan fingerprint density at radius 1 is 1.00 bits per heavy atom. The van der Waals surface area contributed by atoms with Gasteiger partial charge in [-0.25, -0.2) is 0 Å². The molecule has 0 fully saturated rings. The normalized spacial score (nSPS) is 12.3. The molecule has 1 amide bonds. The highest BCUT2D eigenvalue weighted by molar-refractivity contribution is 6.04. The second kappa shape index (κ2) is 6.10. The molecule has 3 heterocycles. The van der Waals surface area contributed by atoms with Crippen LogP contribution in [0, 0.1) is 0 Å². The van der Waals surface area contributed by atoms with Crippen LogP contribution in [-0.4, -0.2) is 32.5 Å². The number of carbonyl (C=O) groups excluding carboxylic acids is 1. The number of fused-ring (bicyclic) bond motifs is 2. The first-order valence-electron chi connectivity index (χ1n) is 8.25. The summed E-state index contributed by atoms with van der Waals surface area (Å²) < 4.78 is 12.2. The highest BCUT2D eigenvalue weighted by atomic mass is 16.7. The molecule has 2 aromatic carbocycles. The molecule has 27 heavy (non-hydrogen) atoms. The lowest BCUT2D eigenvalue weighted by Crippen LogP contribution is -2.11. The zero-order valence-corrected chi connectivity index (χ0v) is 14.0. The van der Waals surface area contributed by atoms with Gasteiger partial charge in [0.1, 0.15) is 6.33 Å². The Morgan fingerprint density at radius 2 is 1.85 bits per heavy atom. The third kappa shape index (κ3) is 2.82. The molecular weight excluding hydrogens is 346 g/mol. The zero-order valence-electron chi connectivity index (χ0n) is 14.0. The molecule has 0 aliphatic carbocycles. The van der Waals surface area contributed by atoms with Crippen LogP contribution in [0.4, 0.5) is 5.69 Å². The van der Waals surface area contributed by atoms with Crippen molar-refractivity contribution in [1.29, 1.82) is 0 Å². The minimum Gasteiger partial charge on any atom is -0.454 e. The third-order valence-corrected chi connectivity index (χ3v) is 4.23. The van der Waals surface area contributed by atoms with Crippen LogP contribution in [0.15, 0.2) is 60.9 Å². The third-order valence-electron chi connectivity index (χ3n) is 4.23. The maximum atomic E-state index is 12.4. The minimum atomic E-state index is -0.218. The van der Waals surface area contributed by atoms with Crippen molar-refractivity contribution in [2.45, 2.75) is 0 Å². The predicted molar refractivity (Wildman–Crippen MR) is 96.7 cm³/mol. The minimum absolute atomic E-state index is 0.177. The molecule has 8 heteroatoms. The molecule has 0 atom stereocenters. The number of aromatic nitrogens is 4. The number of nitrogens with zero attached hydrogens (tertiary/aromatic N) is 4. The molecule has 2 aromatic heterocycles. The Kier molecular flexibility index (Phi) is 3.46. The summed E-state index contributed by atoms with van der Waals surface area (Å²) in [5.41, 5.74) is 3.59. The topological polar surface area (TPSA) is 90.6 Å². The van der Waals surface area contributed by atoms with Crippen molar-refractivity contribution in [2.24, 2.45) is 0 Å². The van der Waals surface area contributed by atoms with Crippen LogP contribution in [0.2, 0.25) is 0 Å². The maximum Gasteiger partial charge on any atom is 0.255 e. The van der Waals surface area contributed by atoms with Crippen molar-refractivity contribution < 1.29 is 14.3 Å². The maximum absolute atomic E-state index is 12.4. The van der Waals surface area contributed by atoms with E-state index in [1.165, 1.54) is 0 Å². The Morgan fingerprint density at radius 3 is 2.74 bits per heavy atom. The van der Waals surface area contributed by atoms with Crippen LogP contribution in [0.1, 0.15) is 10.4 Å². The molecule has 0 radical (unpaired) electrons. The van der Waals surface area contributed by atoms with E-state index in [-0.39, 0.29) is 12.7 Å². The molecule has 1 aliphatic heterocycles. The highest BCUT2D eigenvalue weighted by Crippen LogP contribution is 2.32. The summed E-state index contributed by atoms with van der Waals surface area (Å²) in [6.45, 7) is 0.177. The molecule has 4 aromatic rings. The SMILES string of the molecule is O=C(Nc1ccc(-c2ccc3nncn3n2)cc1)c1ccc2c(c1)OCO2. The number of ether oxygens (including phenoxy) is 2. The van der Waals surface area contributed by atoms with Crippen molar-refractivity contribution in [1.82, 2.24) is 19.8 Å². The van der Waals surface area contributed by atoms with E-state index in [4.69, 9.17) is 9.47 Å². The molecule has 0 saturated carbocycles. The van der Waals surface area contributed by atoms with E-state index in [1.54, 1.807) is 29.0 Å². The number of hydrogen-bond acceptors (Lipinski definition) is 6. The zero-order chi connectivity index (χ0) is 18.2. The van der Waals surface area contributed by atoms with Crippen LogP contribution in [0.5, 0.6) is 11.5 Å². The summed E-state index contributed by atoms with van der Waals surface area (Å²) in [6.07, 6.45) is 1.55. The van der Waals surface area contributed by atoms with Crippen molar-refractivity contribution >= 4 is 17.2 Å². The first kappa shape index (κ1) is 15.3. The van der Waals surface area contributed by atoms with Gasteiger partial charge < -0.3 is 14.8 Å². The second-order valence-corrected chi connectivity index (χ2v) is 5.95. The second-order valence-electron chi connectivity index (χ2n) is 5.95. The van der Waals surface area contributed by atoms with E-state index >= 15 is 0 Å². The van der Waals surface area contributed by atoms with Gasteiger partial charge in [0, 0.05) is 16.8 Å². The van der Waals surface area contributed by atoms with E-state index < -0.39 is 0 Å². The number of anilines is 1. The van der Waals surface area contributed by atoms with Crippen LogP contribution < -0.4 is 14.8 Å². The van der Waals surface area contributed by atoms with E-state index in [2.05, 4.69) is 20.6 Å². The monoisotopic (exact) mass is 359 g/mol. The first-order valence-corrected chi connectivity index (χ1v) is 8.25. The predicted octanol–water partition coefficient (Wildman–Crippen LogP) is 2.77. The lowest BCUT2D eigenvalue weighted by atomic mass is 10.1. The van der Waals surface area contributed by atoms with Gasteiger partial charge in [0.05, 0.1) is 5.69 Å². The molecule has 1 aliphatic rings. The molecular formula is C19H13N5O3. The molecule has 0 spiro atoms. The van der Waals surface area contributed by atoms with Crippen LogP contribution >= 0.6 is 0 Å². The largest absolute Gasteiger partial charge is 0.454 e. The fourth-order valence-corrected chi connectivity index (χ4v) is 2.85. The van der Waals surface area contributed by atoms with Gasteiger partial charge in [0.2, 0.25) is 6.79 Å². The fourth-order valence-electron chi connectivity index (χ4n) is 2.85. The molecule has 0 saturated heterocycles. The van der Waals surface area contributed by atoms with Gasteiger partial charge in [-0.15, -0.1) is 10.2 Å².